The molecule has 0 spiro atoms. The fraction of sp³-hybridized carbons (Fsp3) is 0.250. The van der Waals surface area contributed by atoms with Gasteiger partial charge in [0.25, 0.3) is 0 Å². The molecule has 0 amide bonds. The van der Waals surface area contributed by atoms with Crippen molar-refractivity contribution in [1.29, 1.82) is 0 Å². The number of aliphatic carboxylic acids is 1. The molecule has 1 N–H and O–H groups in total. The molecule has 4 nitrogen and oxygen atoms in total. The Morgan fingerprint density at radius 2 is 2.42 bits per heavy atom. The summed E-state index contributed by atoms with van der Waals surface area (Å²) in [6.07, 6.45) is 4.31. The van der Waals surface area contributed by atoms with Gasteiger partial charge in [-0.1, -0.05) is 0 Å². The van der Waals surface area contributed by atoms with E-state index in [2.05, 4.69) is 4.98 Å². The fourth-order valence-corrected chi connectivity index (χ4v) is 0.823. The van der Waals surface area contributed by atoms with Gasteiger partial charge in [0.15, 0.2) is 0 Å². The van der Waals surface area contributed by atoms with Crippen molar-refractivity contribution in [3.05, 3.63) is 23.8 Å². The lowest BCUT2D eigenvalue weighted by atomic mass is 10.4. The van der Waals surface area contributed by atoms with Crippen LogP contribution >= 0.6 is 0 Å². The van der Waals surface area contributed by atoms with E-state index in [9.17, 15) is 4.79 Å². The maximum atomic E-state index is 10.1. The summed E-state index contributed by atoms with van der Waals surface area (Å²) in [4.78, 5) is 14.2. The Morgan fingerprint density at radius 3 is 2.83 bits per heavy atom. The van der Waals surface area contributed by atoms with E-state index < -0.39 is 5.97 Å². The van der Waals surface area contributed by atoms with Gasteiger partial charge in [-0.2, -0.15) is 0 Å². The molecule has 0 aliphatic heterocycles. The van der Waals surface area contributed by atoms with Crippen LogP contribution in [0.25, 0.3) is 6.08 Å². The van der Waals surface area contributed by atoms with Crippen LogP contribution in [0.15, 0.2) is 12.3 Å². The average Bonchev–Trinajstić information content (AvgIpc) is 2.28. The Kier molecular flexibility index (Phi) is 2.28. The van der Waals surface area contributed by atoms with E-state index in [4.69, 9.17) is 5.11 Å². The molecule has 0 aromatic carbocycles. The van der Waals surface area contributed by atoms with E-state index in [0.29, 0.717) is 5.69 Å². The van der Waals surface area contributed by atoms with E-state index in [1.54, 1.807) is 6.20 Å². The number of carboxylic acid groups (broad SMARTS) is 1. The molecule has 1 rings (SSSR count). The van der Waals surface area contributed by atoms with Crippen LogP contribution in [-0.4, -0.2) is 20.6 Å². The third-order valence-corrected chi connectivity index (χ3v) is 1.52. The number of carbonyl (C=O) groups is 1. The summed E-state index contributed by atoms with van der Waals surface area (Å²) in [6, 6.07) is 0. The van der Waals surface area contributed by atoms with E-state index in [-0.39, 0.29) is 0 Å². The number of imidazole rings is 1. The zero-order chi connectivity index (χ0) is 9.14. The number of nitrogens with zero attached hydrogens (tertiary/aromatic N) is 2. The number of hydrogen-bond donors (Lipinski definition) is 1. The topological polar surface area (TPSA) is 55.1 Å². The summed E-state index contributed by atoms with van der Waals surface area (Å²) in [5.41, 5.74) is 0.664. The van der Waals surface area contributed by atoms with Crippen molar-refractivity contribution in [1.82, 2.24) is 9.55 Å². The highest BCUT2D eigenvalue weighted by Crippen LogP contribution is 2.01. The third-order valence-electron chi connectivity index (χ3n) is 1.52. The molecule has 64 valence electrons. The van der Waals surface area contributed by atoms with Crippen molar-refractivity contribution in [3.8, 4) is 0 Å². The molecule has 0 aliphatic rings. The van der Waals surface area contributed by atoms with Gasteiger partial charge in [-0.15, -0.1) is 0 Å². The molecule has 0 aliphatic carbocycles. The summed E-state index contributed by atoms with van der Waals surface area (Å²) in [5, 5.41) is 8.33. The maximum absolute atomic E-state index is 10.1. The van der Waals surface area contributed by atoms with Crippen LogP contribution in [0.1, 0.15) is 11.5 Å². The van der Waals surface area contributed by atoms with E-state index in [0.717, 1.165) is 11.9 Å². The molecule has 1 heterocycles. The fourth-order valence-electron chi connectivity index (χ4n) is 0.823. The number of aryl methyl sites for hydroxylation is 2. The lowest BCUT2D eigenvalue weighted by Crippen LogP contribution is -1.86. The smallest absolute Gasteiger partial charge is 0.328 e. The van der Waals surface area contributed by atoms with Gasteiger partial charge in [0, 0.05) is 19.3 Å². The Hall–Kier alpha value is -1.58. The third kappa shape index (κ3) is 1.95. The Labute approximate surface area is 70.2 Å². The molecular formula is C8H10N2O2. The number of rotatable bonds is 2. The van der Waals surface area contributed by atoms with Crippen LogP contribution in [0.5, 0.6) is 0 Å². The molecule has 12 heavy (non-hydrogen) atoms. The second-order valence-corrected chi connectivity index (χ2v) is 2.50. The highest BCUT2D eigenvalue weighted by Gasteiger charge is 1.96. The highest BCUT2D eigenvalue weighted by atomic mass is 16.4. The summed E-state index contributed by atoms with van der Waals surface area (Å²) < 4.78 is 1.83. The van der Waals surface area contributed by atoms with Gasteiger partial charge in [0.1, 0.15) is 5.82 Å². The molecule has 1 aromatic heterocycles. The van der Waals surface area contributed by atoms with Crippen LogP contribution < -0.4 is 0 Å². The monoisotopic (exact) mass is 166 g/mol. The van der Waals surface area contributed by atoms with Crippen molar-refractivity contribution in [2.45, 2.75) is 6.92 Å². The van der Waals surface area contributed by atoms with E-state index >= 15 is 0 Å². The number of carboxylic acids is 1. The Balaban J connectivity index is 2.83. The SMILES string of the molecule is Cc1nc(C=CC(=O)O)cn1C. The highest BCUT2D eigenvalue weighted by molar-refractivity contribution is 5.84. The van der Waals surface area contributed by atoms with Crippen LogP contribution in [-0.2, 0) is 11.8 Å². The minimum Gasteiger partial charge on any atom is -0.478 e. The standard InChI is InChI=1S/C8H10N2O2/c1-6-9-7(5-10(6)2)3-4-8(11)12/h3-5H,1-2H3,(H,11,12). The minimum atomic E-state index is -0.960. The van der Waals surface area contributed by atoms with Gasteiger partial charge in [0.05, 0.1) is 5.69 Å². The summed E-state index contributed by atoms with van der Waals surface area (Å²) in [5.74, 6) is -0.0988. The van der Waals surface area contributed by atoms with Gasteiger partial charge in [0.2, 0.25) is 0 Å². The first-order chi connectivity index (χ1) is 5.59. The molecule has 0 saturated heterocycles. The molecule has 0 fully saturated rings. The lowest BCUT2D eigenvalue weighted by Gasteiger charge is -1.87. The first-order valence-corrected chi connectivity index (χ1v) is 3.50. The van der Waals surface area contributed by atoms with Gasteiger partial charge in [-0.25, -0.2) is 9.78 Å². The van der Waals surface area contributed by atoms with Crippen molar-refractivity contribution in [3.63, 3.8) is 0 Å². The van der Waals surface area contributed by atoms with Crippen LogP contribution in [0.4, 0.5) is 0 Å². The summed E-state index contributed by atoms with van der Waals surface area (Å²) in [7, 11) is 1.86. The van der Waals surface area contributed by atoms with Crippen molar-refractivity contribution < 1.29 is 9.90 Å². The molecule has 0 saturated carbocycles. The number of hydrogen-bond acceptors (Lipinski definition) is 2. The molecule has 1 aromatic rings. The molecule has 0 radical (unpaired) electrons. The molecule has 0 unspecified atom stereocenters. The quantitative estimate of drug-likeness (QED) is 0.662. The molecule has 4 heteroatoms. The molecular weight excluding hydrogens is 156 g/mol. The van der Waals surface area contributed by atoms with Crippen molar-refractivity contribution in [2.75, 3.05) is 0 Å². The molecule has 0 atom stereocenters. The first-order valence-electron chi connectivity index (χ1n) is 3.50. The first kappa shape index (κ1) is 8.52. The van der Waals surface area contributed by atoms with Crippen LogP contribution in [0.3, 0.4) is 0 Å². The normalized spacial score (nSPS) is 10.8. The van der Waals surface area contributed by atoms with Crippen LogP contribution in [0.2, 0.25) is 0 Å². The predicted octanol–water partition coefficient (Wildman–Crippen LogP) is 0.826. The van der Waals surface area contributed by atoms with Gasteiger partial charge < -0.3 is 9.67 Å². The summed E-state index contributed by atoms with van der Waals surface area (Å²) >= 11 is 0. The van der Waals surface area contributed by atoms with E-state index in [1.807, 2.05) is 18.5 Å². The van der Waals surface area contributed by atoms with Crippen LogP contribution in [0, 0.1) is 6.92 Å². The van der Waals surface area contributed by atoms with Crippen molar-refractivity contribution in [2.24, 2.45) is 7.05 Å². The minimum absolute atomic E-state index is 0.664. The molecule has 0 bridgehead atoms. The summed E-state index contributed by atoms with van der Waals surface area (Å²) in [6.45, 7) is 1.86. The van der Waals surface area contributed by atoms with Crippen molar-refractivity contribution >= 4 is 12.0 Å². The Bertz CT molecular complexity index is 306. The second-order valence-electron chi connectivity index (χ2n) is 2.50. The predicted molar refractivity (Wildman–Crippen MR) is 44.6 cm³/mol. The maximum Gasteiger partial charge on any atom is 0.328 e. The Morgan fingerprint density at radius 1 is 1.75 bits per heavy atom. The lowest BCUT2D eigenvalue weighted by molar-refractivity contribution is -0.131. The van der Waals surface area contributed by atoms with Gasteiger partial charge in [-0.05, 0) is 13.0 Å². The second kappa shape index (κ2) is 3.21. The number of aromatic nitrogens is 2. The zero-order valence-electron chi connectivity index (χ0n) is 6.98. The van der Waals surface area contributed by atoms with Gasteiger partial charge in [-0.3, -0.25) is 0 Å². The zero-order valence-corrected chi connectivity index (χ0v) is 6.98. The average molecular weight is 166 g/mol. The largest absolute Gasteiger partial charge is 0.478 e. The van der Waals surface area contributed by atoms with E-state index in [1.165, 1.54) is 6.08 Å². The van der Waals surface area contributed by atoms with Gasteiger partial charge >= 0.3 is 5.97 Å².